The second kappa shape index (κ2) is 41.1. The average Bonchev–Trinajstić information content (AvgIpc) is 0.684. The van der Waals surface area contributed by atoms with Crippen LogP contribution in [0, 0.1) is 106 Å². The zero-order valence-electron chi connectivity index (χ0n) is 59.0. The topological polar surface area (TPSA) is 94.8 Å². The highest BCUT2D eigenvalue weighted by Crippen LogP contribution is 2.78. The molecular weight excluding hydrogens is 1900 g/mol. The van der Waals surface area contributed by atoms with Crippen LogP contribution < -0.4 is 0 Å². The van der Waals surface area contributed by atoms with Gasteiger partial charge in [0.1, 0.15) is 0 Å². The zero-order valence-corrected chi connectivity index (χ0v) is 86.7. The number of aliphatic carboxylic acids is 2. The van der Waals surface area contributed by atoms with Gasteiger partial charge in [-0.25, -0.2) is 0 Å². The van der Waals surface area contributed by atoms with Crippen LogP contribution in [0.5, 0.6) is 0 Å². The van der Waals surface area contributed by atoms with Gasteiger partial charge in [-0.05, 0) is 224 Å². The minimum Gasteiger partial charge on any atom is -0.481 e. The third-order valence-electron chi connectivity index (χ3n) is 27.4. The monoisotopic (exact) mass is 2000 g/mol. The Bertz CT molecular complexity index is 4410. The van der Waals surface area contributed by atoms with Crippen molar-refractivity contribution in [3.8, 4) is 0 Å². The van der Waals surface area contributed by atoms with E-state index >= 15 is 0 Å². The smallest absolute Gasteiger partial charge is 0.310 e. The van der Waals surface area contributed by atoms with E-state index < -0.39 is 22.8 Å². The quantitative estimate of drug-likeness (QED) is 0.234. The van der Waals surface area contributed by atoms with Gasteiger partial charge >= 0.3 is 11.9 Å². The van der Waals surface area contributed by atoms with Crippen molar-refractivity contribution in [2.24, 2.45) is 106 Å². The molecule has 576 valence electrons. The van der Waals surface area contributed by atoms with Gasteiger partial charge in [0.25, 0.3) is 0 Å². The van der Waals surface area contributed by atoms with Crippen LogP contribution in [0.1, 0.15) is 232 Å². The van der Waals surface area contributed by atoms with Crippen molar-refractivity contribution < 1.29 is 24.9 Å². The Labute approximate surface area is 704 Å². The highest BCUT2D eigenvalue weighted by atomic mass is 33.5. The molecule has 0 heterocycles. The molecule has 100 heavy (non-hydrogen) atoms. The Morgan fingerprint density at radius 2 is 0.650 bits per heavy atom. The van der Waals surface area contributed by atoms with Gasteiger partial charge in [0.05, 0.1) is 16.9 Å². The SMILES string of the molecule is CC1(C)CCC2(C(=O)O)CC[C@]3(C)C(=CCC4C5(C)CC[C@H](O)C(C)(C)[C@@H]5CC[C@@]43C)C2C1.C[C@H]1CCC2(C)C3CC=C4C5CC(C)(C)CCC5(C(=O)O)CC[C@@]4(C)[C@@]3(C)CC[C@H]2C1(C)C.S=S=S=S=S.S=S=S=S=S=S=S=S=S=S=S=S=S=S=S=S=S=S=S=S=S=S=S=S=S=S=S=S=S. The Morgan fingerprint density at radius 1 is 0.360 bits per heavy atom. The molecule has 0 aromatic rings. The number of carboxylic acid groups (broad SMARTS) is 2. The van der Waals surface area contributed by atoms with Gasteiger partial charge in [0.15, 0.2) is 0 Å². The Kier molecular flexibility index (Phi) is 38.2. The summed E-state index contributed by atoms with van der Waals surface area (Å²) in [5.41, 5.74) is 4.21. The first-order valence-electron chi connectivity index (χ1n) is 33.2. The second-order valence-electron chi connectivity index (χ2n) is 32.5. The van der Waals surface area contributed by atoms with Gasteiger partial charge in [-0.1, -0.05) is 127 Å². The molecule has 10 aliphatic carbocycles. The fourth-order valence-electron chi connectivity index (χ4n) is 21.7. The van der Waals surface area contributed by atoms with Crippen LogP contribution in [0.15, 0.2) is 23.3 Å². The van der Waals surface area contributed by atoms with Gasteiger partial charge in [-0.3, -0.25) is 9.59 Å². The maximum Gasteiger partial charge on any atom is 0.310 e. The summed E-state index contributed by atoms with van der Waals surface area (Å²) in [6.45, 7) is 37.2. The van der Waals surface area contributed by atoms with Crippen molar-refractivity contribution >= 4 is 323 Å². The van der Waals surface area contributed by atoms with E-state index in [2.05, 4.69) is 138 Å². The molecule has 3 N–H and O–H groups in total. The molecule has 5 nitrogen and oxygen atoms in total. The van der Waals surface area contributed by atoms with Gasteiger partial charge < -0.3 is 15.3 Å². The molecule has 10 aliphatic rings. The molecule has 0 amide bonds. The highest BCUT2D eigenvalue weighted by molar-refractivity contribution is 8.79. The number of aliphatic hydroxyl groups is 1. The highest BCUT2D eigenvalue weighted by Gasteiger charge is 2.71. The molecule has 0 radical (unpaired) electrons. The third kappa shape index (κ3) is 21.2. The number of fused-ring (bicyclic) bond motifs is 14. The predicted molar refractivity (Wildman–Crippen MR) is 519 cm³/mol. The maximum absolute atomic E-state index is 12.8. The van der Waals surface area contributed by atoms with Crippen LogP contribution in [-0.2, 0) is 321 Å². The van der Waals surface area contributed by atoms with Crippen molar-refractivity contribution in [1.29, 1.82) is 0 Å². The van der Waals surface area contributed by atoms with Gasteiger partial charge in [-0.2, -0.15) is 0 Å². The van der Waals surface area contributed by atoms with Crippen LogP contribution in [0.4, 0.5) is 0 Å². The summed E-state index contributed by atoms with van der Waals surface area (Å²) in [5.74, 6) is 2.85. The zero-order chi connectivity index (χ0) is 73.7. The molecule has 0 spiro atoms. The van der Waals surface area contributed by atoms with Crippen molar-refractivity contribution in [2.45, 2.75) is 238 Å². The lowest BCUT2D eigenvalue weighted by Crippen LogP contribution is -2.65. The van der Waals surface area contributed by atoms with E-state index in [1.54, 1.807) is 130 Å². The number of aliphatic hydroxyl groups excluding tert-OH is 1. The molecule has 8 unspecified atom stereocenters. The third-order valence-corrected chi connectivity index (χ3v) is 89.7. The summed E-state index contributed by atoms with van der Waals surface area (Å²) >= 11 is 18.5. The molecule has 0 saturated heterocycles. The predicted octanol–water partition coefficient (Wildman–Crippen LogP) is 15.7. The van der Waals surface area contributed by atoms with E-state index in [9.17, 15) is 24.9 Å². The first kappa shape index (κ1) is 93.0. The second-order valence-corrected chi connectivity index (χ2v) is 85.6. The minimum atomic E-state index is -0.553. The normalized spacial score (nSPS) is 37.1. The lowest BCUT2D eigenvalue weighted by Gasteiger charge is -2.71. The summed E-state index contributed by atoms with van der Waals surface area (Å²) in [4.78, 5) is 25.5. The van der Waals surface area contributed by atoms with E-state index in [-0.39, 0.29) is 61.3 Å². The number of allylic oxidation sites excluding steroid dienone is 4. The fraction of sp³-hybridized carbons (Fsp3) is 0.902. The summed E-state index contributed by atoms with van der Waals surface area (Å²) in [7, 11) is 51.2. The van der Waals surface area contributed by atoms with E-state index in [1.165, 1.54) is 94.9 Å². The molecule has 0 aromatic carbocycles. The molecule has 10 rings (SSSR count). The maximum atomic E-state index is 12.8. The lowest BCUT2D eigenvalue weighted by molar-refractivity contribution is -0.205. The number of hydrogen-bond donors (Lipinski definition) is 3. The molecule has 0 aromatic heterocycles. The number of carbonyl (C=O) groups is 2. The van der Waals surface area contributed by atoms with Crippen LogP contribution in [0.3, 0.4) is 0 Å². The molecular formula is C61H98O5S34. The summed E-state index contributed by atoms with van der Waals surface area (Å²) in [6.07, 6.45) is 26.7. The average molecular weight is 2000 g/mol. The van der Waals surface area contributed by atoms with Crippen molar-refractivity contribution in [1.82, 2.24) is 0 Å². The largest absolute Gasteiger partial charge is 0.481 e. The van der Waals surface area contributed by atoms with Crippen LogP contribution in [0.25, 0.3) is 0 Å². The fourth-order valence-corrected chi connectivity index (χ4v) is 93.1. The Balaban J connectivity index is 0.000000204. The molecule has 8 saturated carbocycles. The summed E-state index contributed by atoms with van der Waals surface area (Å²) in [6, 6.07) is 0. The van der Waals surface area contributed by atoms with E-state index in [1.807, 2.05) is 97.7 Å². The van der Waals surface area contributed by atoms with Crippen LogP contribution in [-0.4, -0.2) is 33.4 Å². The first-order valence-corrected chi connectivity index (χ1v) is 75.8. The molecule has 39 heteroatoms. The lowest BCUT2D eigenvalue weighted by atomic mass is 9.33. The number of hydrogen-bond acceptors (Lipinski definition) is 7. The van der Waals surface area contributed by atoms with Crippen LogP contribution >= 0.6 is 0 Å². The van der Waals surface area contributed by atoms with Gasteiger partial charge in [-0.15, -0.1) is 0 Å². The van der Waals surface area contributed by atoms with Crippen molar-refractivity contribution in [3.05, 3.63) is 23.3 Å². The van der Waals surface area contributed by atoms with Crippen LogP contribution in [0.2, 0.25) is 0 Å². The minimum absolute atomic E-state index is 0.0301. The van der Waals surface area contributed by atoms with Crippen molar-refractivity contribution in [2.75, 3.05) is 0 Å². The van der Waals surface area contributed by atoms with Gasteiger partial charge in [0.2, 0.25) is 0 Å². The first-order chi connectivity index (χ1) is 47.1. The Hall–Kier alpha value is 5.86. The molecule has 0 aliphatic heterocycles. The summed E-state index contributed by atoms with van der Waals surface area (Å²) in [5, 5.41) is 31.9. The summed E-state index contributed by atoms with van der Waals surface area (Å²) < 4.78 is 0. The van der Waals surface area contributed by atoms with E-state index in [0.717, 1.165) is 101 Å². The molecule has 0 bridgehead atoms. The van der Waals surface area contributed by atoms with E-state index in [0.29, 0.717) is 22.7 Å². The molecule has 8 fully saturated rings. The Morgan fingerprint density at radius 3 is 0.950 bits per heavy atom. The van der Waals surface area contributed by atoms with Gasteiger partial charge in [0, 0.05) is 311 Å². The number of carboxylic acids is 2. The standard InChI is InChI=1S/C31H50O2.C30H48O3.S29.S5/c1-20-11-13-28(6)23(27(20,4)5)12-14-30(8)24(28)10-9-21-22-19-26(2,3)15-17-31(22,25(32)33)18-16-29(21,30)7;1-25(2)14-16-30(24(32)33)17-15-28(6)19(20(30)18-25)8-9-22-27(5)12-11-23(31)26(3,4)21(27)10-13-29(22,28)7;1-3-5-7-9-11-13-15-17-19-21-23-25-27-29-28-26-24-22-20-18-16-14-12-10-8-6-4-2;1-3-5-4-2/h9,20,22-24H,10-19H2,1-8H3,(H,32,33);8,20-23,31H,9-18H2,1-7H3,(H,32,33);;/t20-,22?,23-,24?,28?,29+,30-,31?;20?,21-,22?,23-,27?,28+,29-,30?;;/m00../s1. The number of rotatable bonds is 2. The molecule has 16 atom stereocenters. The van der Waals surface area contributed by atoms with Crippen molar-refractivity contribution in [3.63, 3.8) is 0 Å². The van der Waals surface area contributed by atoms with E-state index in [4.69, 9.17) is 22.4 Å².